The van der Waals surface area contributed by atoms with Gasteiger partial charge in [-0.2, -0.15) is 0 Å². The van der Waals surface area contributed by atoms with Crippen molar-refractivity contribution < 1.29 is 13.9 Å². The molecule has 1 aromatic heterocycles. The van der Waals surface area contributed by atoms with Crippen molar-refractivity contribution >= 4 is 22.7 Å². The maximum absolute atomic E-state index is 5.82. The highest BCUT2D eigenvalue weighted by molar-refractivity contribution is 6.30. The average molecular weight is 318 g/mol. The van der Waals surface area contributed by atoms with E-state index in [0.717, 1.165) is 29.0 Å². The zero-order chi connectivity index (χ0) is 15.4. The quantitative estimate of drug-likeness (QED) is 0.621. The maximum Gasteiger partial charge on any atom is 0.192 e. The number of benzene rings is 2. The van der Waals surface area contributed by atoms with E-state index in [0.29, 0.717) is 24.1 Å². The van der Waals surface area contributed by atoms with Crippen LogP contribution < -0.4 is 9.47 Å². The molecule has 22 heavy (non-hydrogen) atoms. The third-order valence-corrected chi connectivity index (χ3v) is 3.36. The van der Waals surface area contributed by atoms with Crippen LogP contribution in [0.4, 0.5) is 0 Å². The number of oxazole rings is 1. The van der Waals surface area contributed by atoms with Crippen LogP contribution in [0.15, 0.2) is 46.9 Å². The largest absolute Gasteiger partial charge is 0.493 e. The highest BCUT2D eigenvalue weighted by atomic mass is 35.5. The topological polar surface area (TPSA) is 44.5 Å². The molecule has 0 aliphatic rings. The van der Waals surface area contributed by atoms with Crippen LogP contribution in [0.25, 0.3) is 11.1 Å². The lowest BCUT2D eigenvalue weighted by Crippen LogP contribution is -2.04. The molecule has 4 nitrogen and oxygen atoms in total. The van der Waals surface area contributed by atoms with Gasteiger partial charge in [0.1, 0.15) is 17.0 Å². The van der Waals surface area contributed by atoms with E-state index in [2.05, 4.69) is 4.98 Å². The number of hydrogen-bond donors (Lipinski definition) is 0. The highest BCUT2D eigenvalue weighted by Crippen LogP contribution is 2.21. The summed E-state index contributed by atoms with van der Waals surface area (Å²) in [5.74, 6) is 2.24. The van der Waals surface area contributed by atoms with Gasteiger partial charge in [-0.1, -0.05) is 11.6 Å². The van der Waals surface area contributed by atoms with Gasteiger partial charge in [-0.15, -0.1) is 0 Å². The summed E-state index contributed by atoms with van der Waals surface area (Å²) in [6.45, 7) is 2.99. The molecule has 0 aliphatic carbocycles. The zero-order valence-corrected chi connectivity index (χ0v) is 13.0. The highest BCUT2D eigenvalue weighted by Gasteiger charge is 2.03. The second-order valence-corrected chi connectivity index (χ2v) is 5.30. The minimum atomic E-state index is 0.576. The monoisotopic (exact) mass is 317 g/mol. The van der Waals surface area contributed by atoms with Crippen LogP contribution in [0.3, 0.4) is 0 Å². The summed E-state index contributed by atoms with van der Waals surface area (Å²) in [5, 5.41) is 0.703. The fourth-order valence-corrected chi connectivity index (χ4v) is 2.21. The number of ether oxygens (including phenoxy) is 2. The fourth-order valence-electron chi connectivity index (χ4n) is 2.08. The van der Waals surface area contributed by atoms with Crippen molar-refractivity contribution in [3.8, 4) is 11.5 Å². The van der Waals surface area contributed by atoms with Gasteiger partial charge < -0.3 is 13.9 Å². The lowest BCUT2D eigenvalue weighted by atomic mass is 10.3. The molecule has 2 aromatic carbocycles. The number of nitrogens with zero attached hydrogens (tertiary/aromatic N) is 1. The van der Waals surface area contributed by atoms with E-state index in [1.807, 2.05) is 49.4 Å². The molecule has 0 saturated heterocycles. The van der Waals surface area contributed by atoms with Crippen LogP contribution in [0.1, 0.15) is 12.3 Å². The molecule has 0 atom stereocenters. The predicted octanol–water partition coefficient (Wildman–Crippen LogP) is 4.64. The lowest BCUT2D eigenvalue weighted by Gasteiger charge is -2.08. The molecular formula is C17H16ClNO3. The van der Waals surface area contributed by atoms with Crippen molar-refractivity contribution in [2.24, 2.45) is 0 Å². The Bertz CT molecular complexity index is 752. The first kappa shape index (κ1) is 14.7. The second kappa shape index (κ2) is 6.71. The van der Waals surface area contributed by atoms with Crippen molar-refractivity contribution in [1.29, 1.82) is 0 Å². The summed E-state index contributed by atoms with van der Waals surface area (Å²) >= 11 is 5.82. The van der Waals surface area contributed by atoms with Crippen LogP contribution in [0.2, 0.25) is 5.02 Å². The molecule has 0 spiro atoms. The number of hydrogen-bond acceptors (Lipinski definition) is 4. The minimum absolute atomic E-state index is 0.576. The molecule has 0 N–H and O–H groups in total. The van der Waals surface area contributed by atoms with E-state index in [4.69, 9.17) is 25.5 Å². The third kappa shape index (κ3) is 3.71. The summed E-state index contributed by atoms with van der Waals surface area (Å²) in [5.41, 5.74) is 1.59. The molecule has 3 aromatic rings. The van der Waals surface area contributed by atoms with E-state index in [1.165, 1.54) is 0 Å². The van der Waals surface area contributed by atoms with E-state index in [1.54, 1.807) is 0 Å². The number of aryl methyl sites for hydroxylation is 1. The number of aromatic nitrogens is 1. The Labute approximate surface area is 133 Å². The van der Waals surface area contributed by atoms with Gasteiger partial charge in [-0.3, -0.25) is 0 Å². The summed E-state index contributed by atoms with van der Waals surface area (Å²) < 4.78 is 16.8. The first-order valence-corrected chi connectivity index (χ1v) is 7.47. The van der Waals surface area contributed by atoms with E-state index < -0.39 is 0 Å². The van der Waals surface area contributed by atoms with Crippen LogP contribution in [0, 0.1) is 6.92 Å². The Balaban J connectivity index is 1.44. The van der Waals surface area contributed by atoms with Crippen molar-refractivity contribution in [3.63, 3.8) is 0 Å². The Hall–Kier alpha value is -2.20. The predicted molar refractivity (Wildman–Crippen MR) is 85.8 cm³/mol. The molecule has 0 amide bonds. The molecule has 114 valence electrons. The summed E-state index contributed by atoms with van der Waals surface area (Å²) in [6.07, 6.45) is 0.788. The summed E-state index contributed by atoms with van der Waals surface area (Å²) in [7, 11) is 0. The van der Waals surface area contributed by atoms with Crippen LogP contribution in [0.5, 0.6) is 11.5 Å². The lowest BCUT2D eigenvalue weighted by molar-refractivity contribution is 0.247. The van der Waals surface area contributed by atoms with Crippen LogP contribution in [-0.4, -0.2) is 18.2 Å². The molecular weight excluding hydrogens is 302 g/mol. The second-order valence-electron chi connectivity index (χ2n) is 4.87. The first-order chi connectivity index (χ1) is 10.7. The molecule has 0 aliphatic heterocycles. The van der Waals surface area contributed by atoms with E-state index in [-0.39, 0.29) is 0 Å². The number of halogens is 1. The van der Waals surface area contributed by atoms with Crippen LogP contribution in [-0.2, 0) is 0 Å². The van der Waals surface area contributed by atoms with Crippen molar-refractivity contribution in [2.45, 2.75) is 13.3 Å². The van der Waals surface area contributed by atoms with Gasteiger partial charge in [0.05, 0.1) is 13.2 Å². The van der Waals surface area contributed by atoms with Gasteiger partial charge in [0.15, 0.2) is 11.5 Å². The Morgan fingerprint density at radius 1 is 1.00 bits per heavy atom. The molecule has 0 saturated carbocycles. The summed E-state index contributed by atoms with van der Waals surface area (Å²) in [6, 6.07) is 13.0. The molecule has 0 bridgehead atoms. The Morgan fingerprint density at radius 2 is 1.68 bits per heavy atom. The van der Waals surface area contributed by atoms with Gasteiger partial charge in [0.2, 0.25) is 0 Å². The van der Waals surface area contributed by atoms with Crippen molar-refractivity contribution in [2.75, 3.05) is 13.2 Å². The van der Waals surface area contributed by atoms with E-state index in [9.17, 15) is 0 Å². The smallest absolute Gasteiger partial charge is 0.192 e. The molecule has 0 fully saturated rings. The third-order valence-electron chi connectivity index (χ3n) is 3.11. The first-order valence-electron chi connectivity index (χ1n) is 7.09. The Kier molecular flexibility index (Phi) is 4.49. The number of fused-ring (bicyclic) bond motifs is 1. The average Bonchev–Trinajstić information content (AvgIpc) is 2.88. The van der Waals surface area contributed by atoms with Gasteiger partial charge in [0.25, 0.3) is 0 Å². The molecule has 1 heterocycles. The maximum atomic E-state index is 5.82. The number of rotatable bonds is 6. The van der Waals surface area contributed by atoms with Crippen LogP contribution >= 0.6 is 11.6 Å². The van der Waals surface area contributed by atoms with Crippen molar-refractivity contribution in [1.82, 2.24) is 4.98 Å². The van der Waals surface area contributed by atoms with E-state index >= 15 is 0 Å². The van der Waals surface area contributed by atoms with Gasteiger partial charge in [0, 0.05) is 24.4 Å². The normalized spacial score (nSPS) is 10.8. The SMILES string of the molecule is Cc1nc2ccc(OCCCOc3ccc(Cl)cc3)cc2o1. The molecule has 0 unspecified atom stereocenters. The zero-order valence-electron chi connectivity index (χ0n) is 12.2. The Morgan fingerprint density at radius 3 is 2.45 bits per heavy atom. The minimum Gasteiger partial charge on any atom is -0.493 e. The standard InChI is InChI=1S/C17H16ClNO3/c1-12-19-16-8-7-15(11-17(16)22-12)21-10-2-9-20-14-5-3-13(18)4-6-14/h3-8,11H,2,9-10H2,1H3. The van der Waals surface area contributed by atoms with Gasteiger partial charge in [-0.05, 0) is 36.4 Å². The fraction of sp³-hybridized carbons (Fsp3) is 0.235. The molecule has 3 rings (SSSR count). The summed E-state index contributed by atoms with van der Waals surface area (Å²) in [4.78, 5) is 4.25. The van der Waals surface area contributed by atoms with Gasteiger partial charge >= 0.3 is 0 Å². The molecule has 0 radical (unpaired) electrons. The van der Waals surface area contributed by atoms with Gasteiger partial charge in [-0.25, -0.2) is 4.98 Å². The molecule has 5 heteroatoms. The van der Waals surface area contributed by atoms with Crippen molar-refractivity contribution in [3.05, 3.63) is 53.4 Å².